The molecule has 148 valence electrons. The minimum Gasteiger partial charge on any atom is -0.0885 e. The summed E-state index contributed by atoms with van der Waals surface area (Å²) >= 11 is 0. The number of hydrogen-bond donors (Lipinski definition) is 0. The van der Waals surface area contributed by atoms with Gasteiger partial charge >= 0.3 is 0 Å². The van der Waals surface area contributed by atoms with Gasteiger partial charge in [-0.15, -0.1) is 0 Å². The fraction of sp³-hybridized carbons (Fsp3) is 0.556. The maximum Gasteiger partial charge on any atom is -0.0181 e. The molecular weight excluding hydrogens is 324 g/mol. The molecule has 0 aromatic heterocycles. The van der Waals surface area contributed by atoms with Crippen LogP contribution in [0.5, 0.6) is 0 Å². The van der Waals surface area contributed by atoms with E-state index in [1.165, 1.54) is 106 Å². The Hall–Kier alpha value is -1.56. The Morgan fingerprint density at radius 1 is 0.593 bits per heavy atom. The van der Waals surface area contributed by atoms with Crippen LogP contribution in [0.15, 0.2) is 54.6 Å². The second-order valence-electron chi connectivity index (χ2n) is 8.02. The minimum absolute atomic E-state index is 1.23. The van der Waals surface area contributed by atoms with Crippen molar-refractivity contribution in [2.45, 2.75) is 96.8 Å². The summed E-state index contributed by atoms with van der Waals surface area (Å²) in [7, 11) is 0. The molecule has 0 saturated carbocycles. The quantitative estimate of drug-likeness (QED) is 0.218. The van der Waals surface area contributed by atoms with Crippen molar-refractivity contribution in [3.05, 3.63) is 60.2 Å². The molecule has 0 N–H and O–H groups in total. The van der Waals surface area contributed by atoms with E-state index >= 15 is 0 Å². The Bertz CT molecular complexity index is 637. The smallest absolute Gasteiger partial charge is 0.0181 e. The number of unbranched alkanes of at least 4 members (excludes halogenated alkanes) is 11. The van der Waals surface area contributed by atoms with E-state index in [9.17, 15) is 0 Å². The maximum atomic E-state index is 2.38. The van der Waals surface area contributed by atoms with E-state index in [0.29, 0.717) is 0 Å². The monoisotopic (exact) mass is 364 g/mol. The van der Waals surface area contributed by atoms with E-state index in [4.69, 9.17) is 0 Å². The van der Waals surface area contributed by atoms with Crippen LogP contribution in [0.3, 0.4) is 0 Å². The standard InChI is InChI=1S/C27H40/c1-2-3-4-5-6-7-8-9-10-11-12-13-14-15-16-19-25-22-23-26-20-17-18-21-27(26)24-25/h4-5,17-18,20-24H,2-3,6-16,19H2,1H3/b5-4+. The highest BCUT2D eigenvalue weighted by molar-refractivity contribution is 5.82. The Morgan fingerprint density at radius 3 is 1.89 bits per heavy atom. The minimum atomic E-state index is 1.23. The molecule has 0 saturated heterocycles. The third-order valence-corrected chi connectivity index (χ3v) is 5.52. The van der Waals surface area contributed by atoms with Crippen LogP contribution in [0.1, 0.15) is 96.0 Å². The molecule has 0 radical (unpaired) electrons. The normalized spacial score (nSPS) is 11.6. The average molecular weight is 365 g/mol. The van der Waals surface area contributed by atoms with Gasteiger partial charge < -0.3 is 0 Å². The molecule has 0 heteroatoms. The summed E-state index contributed by atoms with van der Waals surface area (Å²) in [5.41, 5.74) is 1.50. The molecule has 2 aromatic carbocycles. The molecule has 0 unspecified atom stereocenters. The number of rotatable bonds is 15. The molecule has 0 fully saturated rings. The molecule has 2 rings (SSSR count). The molecule has 0 aliphatic heterocycles. The van der Waals surface area contributed by atoms with Crippen molar-refractivity contribution >= 4 is 10.8 Å². The Labute approximate surface area is 168 Å². The second kappa shape index (κ2) is 14.5. The Morgan fingerprint density at radius 2 is 1.19 bits per heavy atom. The zero-order valence-corrected chi connectivity index (χ0v) is 17.6. The summed E-state index contributed by atoms with van der Waals surface area (Å²) in [5, 5.41) is 2.74. The molecule has 0 amide bonds. The van der Waals surface area contributed by atoms with Crippen LogP contribution in [0.4, 0.5) is 0 Å². The SMILES string of the molecule is CCC/C=C/CCCCCCCCCCCCc1ccc2ccccc2c1. The number of fused-ring (bicyclic) bond motifs is 1. The lowest BCUT2D eigenvalue weighted by Gasteiger charge is -2.05. The maximum absolute atomic E-state index is 2.38. The van der Waals surface area contributed by atoms with Gasteiger partial charge in [0.05, 0.1) is 0 Å². The average Bonchev–Trinajstić information content (AvgIpc) is 2.71. The lowest BCUT2D eigenvalue weighted by Crippen LogP contribution is -1.87. The highest BCUT2D eigenvalue weighted by Crippen LogP contribution is 2.18. The Kier molecular flexibility index (Phi) is 11.7. The van der Waals surface area contributed by atoms with E-state index in [2.05, 4.69) is 61.5 Å². The first-order chi connectivity index (χ1) is 13.4. The number of benzene rings is 2. The highest BCUT2D eigenvalue weighted by Gasteiger charge is 1.97. The highest BCUT2D eigenvalue weighted by atomic mass is 14.0. The first kappa shape index (κ1) is 21.7. The van der Waals surface area contributed by atoms with Crippen molar-refractivity contribution in [3.63, 3.8) is 0 Å². The van der Waals surface area contributed by atoms with Crippen LogP contribution in [0, 0.1) is 0 Å². The third-order valence-electron chi connectivity index (χ3n) is 5.52. The van der Waals surface area contributed by atoms with Gasteiger partial charge in [-0.2, -0.15) is 0 Å². The lowest BCUT2D eigenvalue weighted by molar-refractivity contribution is 0.552. The second-order valence-corrected chi connectivity index (χ2v) is 8.02. The zero-order valence-electron chi connectivity index (χ0n) is 17.6. The summed E-state index contributed by atoms with van der Waals surface area (Å²) in [6.07, 6.45) is 23.9. The van der Waals surface area contributed by atoms with Crippen LogP contribution >= 0.6 is 0 Å². The Balaban J connectivity index is 1.39. The third kappa shape index (κ3) is 9.80. The van der Waals surface area contributed by atoms with Crippen molar-refractivity contribution in [2.75, 3.05) is 0 Å². The largest absolute Gasteiger partial charge is 0.0885 e. The fourth-order valence-corrected chi connectivity index (χ4v) is 3.80. The predicted octanol–water partition coefficient (Wildman–Crippen LogP) is 9.03. The first-order valence-corrected chi connectivity index (χ1v) is 11.5. The molecule has 0 aliphatic carbocycles. The molecule has 0 nitrogen and oxygen atoms in total. The number of aryl methyl sites for hydroxylation is 1. The van der Waals surface area contributed by atoms with Gasteiger partial charge in [0.1, 0.15) is 0 Å². The van der Waals surface area contributed by atoms with E-state index in [0.717, 1.165) is 0 Å². The molecule has 0 atom stereocenters. The van der Waals surface area contributed by atoms with Crippen molar-refractivity contribution in [3.8, 4) is 0 Å². The van der Waals surface area contributed by atoms with Gasteiger partial charge in [0, 0.05) is 0 Å². The van der Waals surface area contributed by atoms with Crippen LogP contribution in [0.2, 0.25) is 0 Å². The summed E-state index contributed by atoms with van der Waals surface area (Å²) in [5.74, 6) is 0. The van der Waals surface area contributed by atoms with E-state index < -0.39 is 0 Å². The summed E-state index contributed by atoms with van der Waals surface area (Å²) in [6, 6.07) is 15.6. The lowest BCUT2D eigenvalue weighted by atomic mass is 10.0. The van der Waals surface area contributed by atoms with Crippen LogP contribution in [-0.2, 0) is 6.42 Å². The van der Waals surface area contributed by atoms with Gasteiger partial charge in [-0.05, 0) is 48.4 Å². The fourth-order valence-electron chi connectivity index (χ4n) is 3.80. The molecule has 0 aliphatic rings. The van der Waals surface area contributed by atoms with Gasteiger partial charge in [0.15, 0.2) is 0 Å². The zero-order chi connectivity index (χ0) is 19.0. The predicted molar refractivity (Wildman–Crippen MR) is 122 cm³/mol. The van der Waals surface area contributed by atoms with Crippen LogP contribution in [0.25, 0.3) is 10.8 Å². The summed E-state index contributed by atoms with van der Waals surface area (Å²) < 4.78 is 0. The molecule has 0 heterocycles. The molecule has 27 heavy (non-hydrogen) atoms. The van der Waals surface area contributed by atoms with Gasteiger partial charge in [-0.3, -0.25) is 0 Å². The van der Waals surface area contributed by atoms with Crippen LogP contribution in [-0.4, -0.2) is 0 Å². The molecular formula is C27H40. The van der Waals surface area contributed by atoms with Gasteiger partial charge in [0.25, 0.3) is 0 Å². The summed E-state index contributed by atoms with van der Waals surface area (Å²) in [4.78, 5) is 0. The number of hydrogen-bond acceptors (Lipinski definition) is 0. The van der Waals surface area contributed by atoms with Crippen molar-refractivity contribution in [1.82, 2.24) is 0 Å². The first-order valence-electron chi connectivity index (χ1n) is 11.5. The molecule has 2 aromatic rings. The number of allylic oxidation sites excluding steroid dienone is 2. The van der Waals surface area contributed by atoms with Gasteiger partial charge in [-0.1, -0.05) is 119 Å². The van der Waals surface area contributed by atoms with Crippen LogP contribution < -0.4 is 0 Å². The molecule has 0 bridgehead atoms. The van der Waals surface area contributed by atoms with E-state index in [1.807, 2.05) is 0 Å². The van der Waals surface area contributed by atoms with Gasteiger partial charge in [0.2, 0.25) is 0 Å². The molecule has 0 spiro atoms. The van der Waals surface area contributed by atoms with Crippen molar-refractivity contribution < 1.29 is 0 Å². The van der Waals surface area contributed by atoms with Crippen molar-refractivity contribution in [2.24, 2.45) is 0 Å². The van der Waals surface area contributed by atoms with E-state index in [1.54, 1.807) is 0 Å². The van der Waals surface area contributed by atoms with E-state index in [-0.39, 0.29) is 0 Å². The van der Waals surface area contributed by atoms with Gasteiger partial charge in [-0.25, -0.2) is 0 Å². The topological polar surface area (TPSA) is 0 Å². The van der Waals surface area contributed by atoms with Crippen molar-refractivity contribution in [1.29, 1.82) is 0 Å². The summed E-state index contributed by atoms with van der Waals surface area (Å²) in [6.45, 7) is 2.25.